The van der Waals surface area contributed by atoms with Crippen LogP contribution in [0.15, 0.2) is 12.1 Å². The maximum atomic E-state index is 13.0. The van der Waals surface area contributed by atoms with Gasteiger partial charge in [-0.15, -0.1) is 0 Å². The Morgan fingerprint density at radius 3 is 2.19 bits per heavy atom. The Balaban J connectivity index is 2.43. The Labute approximate surface area is 170 Å². The summed E-state index contributed by atoms with van der Waals surface area (Å²) in [5, 5.41) is 59.5. The van der Waals surface area contributed by atoms with Crippen molar-refractivity contribution in [3.63, 3.8) is 0 Å². The number of aromatic nitrogens is 2. The number of carboxylic acid groups (broad SMARTS) is 4. The van der Waals surface area contributed by atoms with E-state index in [9.17, 15) is 54.6 Å². The van der Waals surface area contributed by atoms with Crippen LogP contribution < -0.4 is 5.32 Å². The van der Waals surface area contributed by atoms with Crippen molar-refractivity contribution in [2.24, 2.45) is 0 Å². The molecule has 0 aromatic carbocycles. The van der Waals surface area contributed by atoms with Gasteiger partial charge in [0.25, 0.3) is 0 Å². The van der Waals surface area contributed by atoms with Crippen molar-refractivity contribution < 1.29 is 54.6 Å². The van der Waals surface area contributed by atoms with Crippen molar-refractivity contribution >= 4 is 29.7 Å². The minimum absolute atomic E-state index is 0.374. The van der Waals surface area contributed by atoms with E-state index in [2.05, 4.69) is 9.97 Å². The Hall–Kier alpha value is -4.14. The number of aromatic carboxylic acids is 3. The molecule has 1 aliphatic rings. The third kappa shape index (κ3) is 3.29. The molecule has 31 heavy (non-hydrogen) atoms. The summed E-state index contributed by atoms with van der Waals surface area (Å²) < 4.78 is 0. The lowest BCUT2D eigenvalue weighted by Gasteiger charge is -2.34. The maximum Gasteiger partial charge on any atom is 0.354 e. The van der Waals surface area contributed by atoms with Crippen LogP contribution in [0.1, 0.15) is 47.4 Å². The lowest BCUT2D eigenvalue weighted by Crippen LogP contribution is -2.58. The third-order valence-electron chi connectivity index (χ3n) is 4.55. The number of rotatable bonds is 7. The number of H-pyrrole nitrogens is 1. The summed E-state index contributed by atoms with van der Waals surface area (Å²) in [6.45, 7) is -1.12. The van der Waals surface area contributed by atoms with Crippen molar-refractivity contribution in [1.29, 1.82) is 0 Å². The van der Waals surface area contributed by atoms with E-state index in [1.165, 1.54) is 0 Å². The normalized spacial score (nSPS) is 18.1. The highest BCUT2D eigenvalue weighted by Gasteiger charge is 2.51. The molecular formula is C17H13N3O11. The van der Waals surface area contributed by atoms with E-state index >= 15 is 0 Å². The fourth-order valence-corrected chi connectivity index (χ4v) is 3.16. The Kier molecular flexibility index (Phi) is 5.06. The molecular weight excluding hydrogens is 422 g/mol. The van der Waals surface area contributed by atoms with Gasteiger partial charge < -0.3 is 35.6 Å². The summed E-state index contributed by atoms with van der Waals surface area (Å²) in [6.07, 6.45) is 0. The topological polar surface area (TPSA) is 247 Å². The highest BCUT2D eigenvalue weighted by atomic mass is 16.4. The quantitative estimate of drug-likeness (QED) is 0.232. The minimum Gasteiger partial charge on any atom is -0.480 e. The number of fused-ring (bicyclic) bond motifs is 3. The largest absolute Gasteiger partial charge is 0.480 e. The van der Waals surface area contributed by atoms with Crippen molar-refractivity contribution in [1.82, 2.24) is 15.3 Å². The molecule has 3 rings (SSSR count). The second kappa shape index (κ2) is 7.28. The van der Waals surface area contributed by atoms with Gasteiger partial charge in [-0.3, -0.25) is 14.9 Å². The number of carbonyl (C=O) groups is 5. The fourth-order valence-electron chi connectivity index (χ4n) is 3.16. The molecule has 0 aliphatic heterocycles. The second-order valence-electron chi connectivity index (χ2n) is 6.42. The number of pyridine rings is 1. The molecule has 0 spiro atoms. The van der Waals surface area contributed by atoms with Crippen LogP contribution in [0, 0.1) is 0 Å². The first-order chi connectivity index (χ1) is 14.4. The Morgan fingerprint density at radius 2 is 1.71 bits per heavy atom. The minimum atomic E-state index is -3.11. The van der Waals surface area contributed by atoms with Crippen LogP contribution in [0.4, 0.5) is 0 Å². The summed E-state index contributed by atoms with van der Waals surface area (Å²) in [5.41, 5.74) is -7.64. The molecule has 0 saturated carbocycles. The summed E-state index contributed by atoms with van der Waals surface area (Å²) >= 11 is 0. The van der Waals surface area contributed by atoms with Gasteiger partial charge in [0, 0.05) is 11.1 Å². The van der Waals surface area contributed by atoms with Crippen LogP contribution >= 0.6 is 0 Å². The zero-order valence-corrected chi connectivity index (χ0v) is 15.1. The van der Waals surface area contributed by atoms with Gasteiger partial charge in [-0.1, -0.05) is 0 Å². The summed E-state index contributed by atoms with van der Waals surface area (Å²) in [4.78, 5) is 64.8. The predicted octanol–water partition coefficient (Wildman–Crippen LogP) is -1.45. The van der Waals surface area contributed by atoms with Crippen molar-refractivity contribution in [2.75, 3.05) is 6.61 Å². The molecule has 0 radical (unpaired) electrons. The van der Waals surface area contributed by atoms with Crippen LogP contribution in [0.2, 0.25) is 0 Å². The van der Waals surface area contributed by atoms with E-state index in [1.807, 2.05) is 5.32 Å². The molecule has 14 nitrogen and oxygen atoms in total. The number of carboxylic acids is 4. The van der Waals surface area contributed by atoms with Gasteiger partial charge in [-0.05, 0) is 12.1 Å². The molecule has 162 valence electrons. The van der Waals surface area contributed by atoms with Gasteiger partial charge in [0.2, 0.25) is 11.5 Å². The Bertz CT molecular complexity index is 1170. The first-order valence-electron chi connectivity index (χ1n) is 8.29. The molecule has 0 fully saturated rings. The monoisotopic (exact) mass is 435 g/mol. The Morgan fingerprint density at radius 1 is 1.06 bits per heavy atom. The number of aliphatic carboxylic acids is 1. The molecule has 2 atom stereocenters. The molecule has 0 amide bonds. The van der Waals surface area contributed by atoms with Crippen LogP contribution in [0.5, 0.6) is 0 Å². The SMILES string of the molecule is O=C(O)c1cc(C(=O)O)c2c(n1)C(O)(NC(CO)C(=O)O)C(=O)c1cc(C(=O)O)[nH]c1-2. The standard InChI is InChI=1S/C17H13N3O11/c21-3-8(16(29)30)20-17(31)11-9(4(13(23)24)1-7(19-11)15(27)28)10-5(12(17)22)2-6(18-10)14(25)26/h1-2,8,18,20-21,31H,3H2,(H,23,24)(H,25,26)(H,27,28)(H,29,30). The number of aliphatic hydroxyl groups excluding tert-OH is 1. The average Bonchev–Trinajstić information content (AvgIpc) is 3.14. The molecule has 2 aromatic heterocycles. The van der Waals surface area contributed by atoms with Gasteiger partial charge in [0.05, 0.1) is 17.9 Å². The number of ketones is 1. The number of nitrogens with one attached hydrogen (secondary N) is 2. The molecule has 0 saturated heterocycles. The number of nitrogens with zero attached hydrogens (tertiary/aromatic N) is 1. The summed E-state index contributed by atoms with van der Waals surface area (Å²) in [5.74, 6) is -8.01. The number of Topliss-reactive ketones (excluding diaryl/α,β-unsaturated/α-hetero) is 1. The van der Waals surface area contributed by atoms with Gasteiger partial charge in [-0.2, -0.15) is 0 Å². The summed E-state index contributed by atoms with van der Waals surface area (Å²) in [6, 6.07) is -0.531. The molecule has 1 aliphatic carbocycles. The summed E-state index contributed by atoms with van der Waals surface area (Å²) in [7, 11) is 0. The molecule has 2 aromatic rings. The van der Waals surface area contributed by atoms with Gasteiger partial charge >= 0.3 is 23.9 Å². The van der Waals surface area contributed by atoms with E-state index < -0.39 is 81.8 Å². The van der Waals surface area contributed by atoms with E-state index in [0.29, 0.717) is 6.07 Å². The van der Waals surface area contributed by atoms with Crippen molar-refractivity contribution in [3.05, 3.63) is 40.3 Å². The van der Waals surface area contributed by atoms with E-state index in [0.717, 1.165) is 6.07 Å². The zero-order valence-electron chi connectivity index (χ0n) is 15.1. The van der Waals surface area contributed by atoms with Gasteiger partial charge in [0.15, 0.2) is 0 Å². The van der Waals surface area contributed by atoms with Crippen LogP contribution in [0.3, 0.4) is 0 Å². The molecule has 2 heterocycles. The number of aliphatic hydroxyl groups is 2. The average molecular weight is 435 g/mol. The third-order valence-corrected chi connectivity index (χ3v) is 4.55. The number of hydrogen-bond acceptors (Lipinski definition) is 9. The highest BCUT2D eigenvalue weighted by Crippen LogP contribution is 2.42. The van der Waals surface area contributed by atoms with Crippen molar-refractivity contribution in [3.8, 4) is 11.3 Å². The van der Waals surface area contributed by atoms with E-state index in [1.54, 1.807) is 0 Å². The van der Waals surface area contributed by atoms with Crippen LogP contribution in [0.25, 0.3) is 11.3 Å². The zero-order chi connectivity index (χ0) is 23.2. The van der Waals surface area contributed by atoms with Crippen molar-refractivity contribution in [2.45, 2.75) is 11.8 Å². The first-order valence-corrected chi connectivity index (χ1v) is 8.29. The number of hydrogen-bond donors (Lipinski definition) is 8. The number of aromatic amines is 1. The predicted molar refractivity (Wildman–Crippen MR) is 94.8 cm³/mol. The molecule has 14 heteroatoms. The van der Waals surface area contributed by atoms with Crippen LogP contribution in [-0.2, 0) is 10.5 Å². The van der Waals surface area contributed by atoms with Crippen LogP contribution in [-0.4, -0.2) is 82.9 Å². The lowest BCUT2D eigenvalue weighted by atomic mass is 9.83. The highest BCUT2D eigenvalue weighted by molar-refractivity contribution is 6.15. The van der Waals surface area contributed by atoms with Gasteiger partial charge in [-0.25, -0.2) is 19.4 Å². The van der Waals surface area contributed by atoms with E-state index in [-0.39, 0.29) is 5.69 Å². The van der Waals surface area contributed by atoms with E-state index in [4.69, 9.17) is 0 Å². The molecule has 8 N–H and O–H groups in total. The van der Waals surface area contributed by atoms with Gasteiger partial charge in [0.1, 0.15) is 23.1 Å². The smallest absolute Gasteiger partial charge is 0.354 e. The fraction of sp³-hybridized carbons (Fsp3) is 0.176. The lowest BCUT2D eigenvalue weighted by molar-refractivity contribution is -0.142. The molecule has 0 bridgehead atoms. The maximum absolute atomic E-state index is 13.0. The molecule has 2 unspecified atom stereocenters. The second-order valence-corrected chi connectivity index (χ2v) is 6.42. The first kappa shape index (κ1) is 21.6. The number of carbonyl (C=O) groups excluding carboxylic acids is 1.